The van der Waals surface area contributed by atoms with Crippen molar-refractivity contribution in [2.75, 3.05) is 0 Å². The molecule has 0 aromatic heterocycles. The topological polar surface area (TPSA) is 74.6 Å². The second-order valence-electron chi connectivity index (χ2n) is 2.82. The van der Waals surface area contributed by atoms with Gasteiger partial charge in [-0.15, -0.1) is 0 Å². The molecule has 0 amide bonds. The Morgan fingerprint density at radius 2 is 2.00 bits per heavy atom. The molecule has 0 atom stereocenters. The van der Waals surface area contributed by atoms with Crippen LogP contribution in [0.2, 0.25) is 0 Å². The molecule has 2 N–H and O–H groups in total. The van der Waals surface area contributed by atoms with E-state index in [2.05, 4.69) is 0 Å². The third-order valence-electron chi connectivity index (χ3n) is 1.89. The van der Waals surface area contributed by atoms with Crippen molar-refractivity contribution in [1.29, 1.82) is 0 Å². The summed E-state index contributed by atoms with van der Waals surface area (Å²) in [5.74, 6) is -2.39. The molecule has 5 heteroatoms. The Morgan fingerprint density at radius 1 is 1.36 bits per heavy atom. The van der Waals surface area contributed by atoms with Crippen LogP contribution in [0.1, 0.15) is 19.3 Å². The van der Waals surface area contributed by atoms with Crippen LogP contribution in [0.3, 0.4) is 0 Å². The van der Waals surface area contributed by atoms with Crippen LogP contribution in [0.25, 0.3) is 0 Å². The van der Waals surface area contributed by atoms with Crippen LogP contribution in [0.15, 0.2) is 23.3 Å². The van der Waals surface area contributed by atoms with Crippen molar-refractivity contribution in [2.45, 2.75) is 19.3 Å². The largest absolute Gasteiger partial charge is 0.478 e. The zero-order chi connectivity index (χ0) is 9.84. The monoisotopic (exact) mass is 205 g/mol. The van der Waals surface area contributed by atoms with Crippen molar-refractivity contribution in [1.82, 2.24) is 0 Å². The zero-order valence-corrected chi connectivity index (χ0v) is 9.99. The summed E-state index contributed by atoms with van der Waals surface area (Å²) >= 11 is 0. The molecular formula is C9H10NaO4. The van der Waals surface area contributed by atoms with Crippen LogP contribution < -0.4 is 0 Å². The summed E-state index contributed by atoms with van der Waals surface area (Å²) < 4.78 is 0. The van der Waals surface area contributed by atoms with E-state index in [1.54, 1.807) is 6.08 Å². The molecule has 1 aliphatic rings. The van der Waals surface area contributed by atoms with Gasteiger partial charge in [-0.25, -0.2) is 9.59 Å². The average molecular weight is 205 g/mol. The Bertz CT molecular complexity index is 304. The fraction of sp³-hybridized carbons (Fsp3) is 0.333. The van der Waals surface area contributed by atoms with Gasteiger partial charge in [0.25, 0.3) is 0 Å². The number of carboxylic acids is 2. The van der Waals surface area contributed by atoms with Gasteiger partial charge >= 0.3 is 11.9 Å². The molecule has 0 unspecified atom stereocenters. The quantitative estimate of drug-likeness (QED) is 0.528. The molecule has 4 nitrogen and oxygen atoms in total. The number of hydrogen-bond acceptors (Lipinski definition) is 2. The van der Waals surface area contributed by atoms with Gasteiger partial charge < -0.3 is 10.2 Å². The fourth-order valence-electron chi connectivity index (χ4n) is 1.33. The molecule has 0 spiro atoms. The third-order valence-corrected chi connectivity index (χ3v) is 1.89. The minimum absolute atomic E-state index is 0. The predicted molar refractivity (Wildman–Crippen MR) is 51.0 cm³/mol. The number of rotatable bonds is 3. The normalized spacial score (nSPS) is 15.7. The van der Waals surface area contributed by atoms with Crippen molar-refractivity contribution in [3.8, 4) is 0 Å². The van der Waals surface area contributed by atoms with Gasteiger partial charge in [0.1, 0.15) is 0 Å². The van der Waals surface area contributed by atoms with E-state index in [0.29, 0.717) is 12.0 Å². The predicted octanol–water partition coefficient (Wildman–Crippen LogP) is 0.812. The Hall–Kier alpha value is -0.580. The van der Waals surface area contributed by atoms with E-state index in [0.717, 1.165) is 18.9 Å². The van der Waals surface area contributed by atoms with Crippen molar-refractivity contribution in [2.24, 2.45) is 0 Å². The second-order valence-corrected chi connectivity index (χ2v) is 2.82. The summed E-state index contributed by atoms with van der Waals surface area (Å²) in [7, 11) is 0. The third kappa shape index (κ3) is 3.65. The Balaban J connectivity index is 0.00000169. The van der Waals surface area contributed by atoms with Crippen molar-refractivity contribution in [3.63, 3.8) is 0 Å². The van der Waals surface area contributed by atoms with Crippen LogP contribution in [0, 0.1) is 0 Å². The van der Waals surface area contributed by atoms with Crippen molar-refractivity contribution < 1.29 is 19.8 Å². The standard InChI is InChI=1S/C9H10O4.Na/c10-8(11)5-7(9(12)13)6-3-1-2-4-6;/h3,5H,1-2,4H2,(H,10,11)(H,12,13);. The van der Waals surface area contributed by atoms with Crippen LogP contribution in [0.4, 0.5) is 0 Å². The van der Waals surface area contributed by atoms with Crippen molar-refractivity contribution >= 4 is 41.5 Å². The molecule has 1 rings (SSSR count). The minimum atomic E-state index is -1.22. The van der Waals surface area contributed by atoms with E-state index in [4.69, 9.17) is 10.2 Å². The summed E-state index contributed by atoms with van der Waals surface area (Å²) in [6.45, 7) is 0. The molecule has 0 saturated carbocycles. The van der Waals surface area contributed by atoms with Gasteiger partial charge in [0.15, 0.2) is 0 Å². The first-order valence-corrected chi connectivity index (χ1v) is 3.98. The molecule has 1 aliphatic carbocycles. The van der Waals surface area contributed by atoms with Gasteiger partial charge in [-0.05, 0) is 24.8 Å². The van der Waals surface area contributed by atoms with Crippen LogP contribution >= 0.6 is 0 Å². The van der Waals surface area contributed by atoms with Gasteiger partial charge in [0.2, 0.25) is 0 Å². The van der Waals surface area contributed by atoms with E-state index >= 15 is 0 Å². The molecular weight excluding hydrogens is 195 g/mol. The van der Waals surface area contributed by atoms with Gasteiger partial charge in [0, 0.05) is 35.6 Å². The first kappa shape index (κ1) is 13.4. The summed E-state index contributed by atoms with van der Waals surface area (Å²) in [5, 5.41) is 17.1. The maximum absolute atomic E-state index is 10.6. The Morgan fingerprint density at radius 3 is 2.36 bits per heavy atom. The second kappa shape index (κ2) is 6.01. The number of carbonyl (C=O) groups is 2. The van der Waals surface area contributed by atoms with E-state index in [-0.39, 0.29) is 35.1 Å². The molecule has 0 aromatic rings. The SMILES string of the molecule is O=C(O)C=C(C(=O)O)C1=CCCC1.[Na]. The summed E-state index contributed by atoms with van der Waals surface area (Å²) in [6, 6.07) is 0. The smallest absolute Gasteiger partial charge is 0.336 e. The molecule has 0 aliphatic heterocycles. The van der Waals surface area contributed by atoms with Crippen LogP contribution in [-0.4, -0.2) is 51.7 Å². The molecule has 0 saturated heterocycles. The fourth-order valence-corrected chi connectivity index (χ4v) is 1.33. The number of aliphatic carboxylic acids is 2. The molecule has 0 aromatic carbocycles. The first-order valence-electron chi connectivity index (χ1n) is 3.98. The summed E-state index contributed by atoms with van der Waals surface area (Å²) in [5.41, 5.74) is 0.542. The maximum atomic E-state index is 10.6. The van der Waals surface area contributed by atoms with Gasteiger partial charge in [0.05, 0.1) is 5.57 Å². The zero-order valence-electron chi connectivity index (χ0n) is 7.99. The average Bonchev–Trinajstić information content (AvgIpc) is 2.50. The van der Waals surface area contributed by atoms with E-state index in [9.17, 15) is 9.59 Å². The molecule has 0 bridgehead atoms. The molecule has 1 radical (unpaired) electrons. The van der Waals surface area contributed by atoms with Gasteiger partial charge in [-0.2, -0.15) is 0 Å². The first-order chi connectivity index (χ1) is 6.11. The number of hydrogen-bond donors (Lipinski definition) is 2. The van der Waals surface area contributed by atoms with E-state index in [1.807, 2.05) is 0 Å². The number of allylic oxidation sites excluding steroid dienone is 1. The summed E-state index contributed by atoms with van der Waals surface area (Å²) in [6.07, 6.45) is 4.92. The Labute approximate surface area is 104 Å². The van der Waals surface area contributed by atoms with Gasteiger partial charge in [-0.1, -0.05) is 6.08 Å². The van der Waals surface area contributed by atoms with Crippen LogP contribution in [-0.2, 0) is 9.59 Å². The Kier molecular flexibility index (Phi) is 5.76. The van der Waals surface area contributed by atoms with Crippen LogP contribution in [0.5, 0.6) is 0 Å². The molecule has 0 heterocycles. The molecule has 71 valence electrons. The number of carboxylic acid groups (broad SMARTS) is 2. The van der Waals surface area contributed by atoms with E-state index < -0.39 is 11.9 Å². The van der Waals surface area contributed by atoms with Crippen molar-refractivity contribution in [3.05, 3.63) is 23.3 Å². The van der Waals surface area contributed by atoms with E-state index in [1.165, 1.54) is 0 Å². The molecule has 14 heavy (non-hydrogen) atoms. The maximum Gasteiger partial charge on any atom is 0.336 e. The minimum Gasteiger partial charge on any atom is -0.478 e. The van der Waals surface area contributed by atoms with Gasteiger partial charge in [-0.3, -0.25) is 0 Å². The molecule has 0 fully saturated rings. The summed E-state index contributed by atoms with van der Waals surface area (Å²) in [4.78, 5) is 21.0.